The number of anilines is 1. The van der Waals surface area contributed by atoms with E-state index >= 15 is 0 Å². The van der Waals surface area contributed by atoms with Gasteiger partial charge in [-0.25, -0.2) is 4.98 Å². The van der Waals surface area contributed by atoms with Gasteiger partial charge in [-0.3, -0.25) is 0 Å². The second kappa shape index (κ2) is 6.78. The fraction of sp³-hybridized carbons (Fsp3) is 0.786. The molecule has 0 atom stereocenters. The lowest BCUT2D eigenvalue weighted by atomic mass is 9.85. The Morgan fingerprint density at radius 3 is 3.00 bits per heavy atom. The molecule has 4 nitrogen and oxygen atoms in total. The summed E-state index contributed by atoms with van der Waals surface area (Å²) in [6, 6.07) is 0. The van der Waals surface area contributed by atoms with Crippen molar-refractivity contribution in [1.82, 2.24) is 9.55 Å². The second-order valence-corrected chi connectivity index (χ2v) is 5.13. The first-order valence-electron chi connectivity index (χ1n) is 7.15. The van der Waals surface area contributed by atoms with Crippen LogP contribution in [-0.2, 0) is 11.3 Å². The van der Waals surface area contributed by atoms with Crippen molar-refractivity contribution in [3.8, 4) is 0 Å². The normalized spacial score (nSPS) is 15.7. The average Bonchev–Trinajstić information content (AvgIpc) is 2.63. The molecule has 0 aliphatic heterocycles. The highest BCUT2D eigenvalue weighted by atomic mass is 16.5. The number of rotatable bonds is 8. The molecule has 0 unspecified atom stereocenters. The Morgan fingerprint density at radius 1 is 1.50 bits per heavy atom. The Hall–Kier alpha value is -1.03. The molecule has 1 aliphatic carbocycles. The van der Waals surface area contributed by atoms with E-state index in [1.54, 1.807) is 0 Å². The third kappa shape index (κ3) is 3.73. The average molecular weight is 251 g/mol. The molecule has 1 saturated carbocycles. The number of aromatic nitrogens is 2. The lowest BCUT2D eigenvalue weighted by molar-refractivity contribution is 0.142. The van der Waals surface area contributed by atoms with E-state index in [0.717, 1.165) is 50.3 Å². The minimum Gasteiger partial charge on any atom is -0.382 e. The van der Waals surface area contributed by atoms with Gasteiger partial charge in [0.25, 0.3) is 0 Å². The second-order valence-electron chi connectivity index (χ2n) is 5.13. The van der Waals surface area contributed by atoms with Crippen molar-refractivity contribution >= 4 is 5.95 Å². The number of hydrogen-bond donors (Lipinski definition) is 1. The van der Waals surface area contributed by atoms with Crippen molar-refractivity contribution in [2.75, 3.05) is 25.1 Å². The summed E-state index contributed by atoms with van der Waals surface area (Å²) in [5, 5.41) is 3.49. The smallest absolute Gasteiger partial charge is 0.203 e. The van der Waals surface area contributed by atoms with Crippen LogP contribution in [0.25, 0.3) is 0 Å². The maximum atomic E-state index is 5.37. The maximum Gasteiger partial charge on any atom is 0.203 e. The third-order valence-electron chi connectivity index (χ3n) is 3.56. The number of nitrogens with one attached hydrogen (secondary N) is 1. The first kappa shape index (κ1) is 13.4. The van der Waals surface area contributed by atoms with Crippen molar-refractivity contribution < 1.29 is 4.74 Å². The number of imidazole rings is 1. The molecule has 0 spiro atoms. The predicted molar refractivity (Wildman–Crippen MR) is 73.9 cm³/mol. The van der Waals surface area contributed by atoms with Gasteiger partial charge >= 0.3 is 0 Å². The Morgan fingerprint density at radius 2 is 2.33 bits per heavy atom. The SMILES string of the molecule is CCOCCCn1cc(C)nc1NCC1CCC1. The lowest BCUT2D eigenvalue weighted by Crippen LogP contribution is -2.22. The predicted octanol–water partition coefficient (Wildman–Crippen LogP) is 2.83. The zero-order valence-electron chi connectivity index (χ0n) is 11.6. The molecule has 0 bridgehead atoms. The zero-order chi connectivity index (χ0) is 12.8. The highest BCUT2D eigenvalue weighted by molar-refractivity contribution is 5.28. The molecule has 1 fully saturated rings. The minimum absolute atomic E-state index is 0.801. The Kier molecular flexibility index (Phi) is 5.05. The molecule has 1 N–H and O–H groups in total. The summed E-state index contributed by atoms with van der Waals surface area (Å²) in [6.45, 7) is 7.77. The maximum absolute atomic E-state index is 5.37. The molecule has 1 aromatic heterocycles. The van der Waals surface area contributed by atoms with Crippen molar-refractivity contribution in [3.63, 3.8) is 0 Å². The number of hydrogen-bond acceptors (Lipinski definition) is 3. The van der Waals surface area contributed by atoms with Crippen LogP contribution in [0, 0.1) is 12.8 Å². The van der Waals surface area contributed by atoms with E-state index in [1.165, 1.54) is 19.3 Å². The lowest BCUT2D eigenvalue weighted by Gasteiger charge is -2.25. The van der Waals surface area contributed by atoms with E-state index in [-0.39, 0.29) is 0 Å². The molecule has 2 rings (SSSR count). The first-order chi connectivity index (χ1) is 8.79. The Balaban J connectivity index is 1.79. The molecule has 102 valence electrons. The van der Waals surface area contributed by atoms with Gasteiger partial charge in [-0.15, -0.1) is 0 Å². The van der Waals surface area contributed by atoms with Crippen molar-refractivity contribution in [2.45, 2.75) is 46.1 Å². The van der Waals surface area contributed by atoms with Crippen molar-refractivity contribution in [1.29, 1.82) is 0 Å². The van der Waals surface area contributed by atoms with Crippen LogP contribution in [0.15, 0.2) is 6.20 Å². The van der Waals surface area contributed by atoms with Gasteiger partial charge in [-0.1, -0.05) is 6.42 Å². The third-order valence-corrected chi connectivity index (χ3v) is 3.56. The number of nitrogens with zero attached hydrogens (tertiary/aromatic N) is 2. The van der Waals surface area contributed by atoms with Crippen LogP contribution in [0.1, 0.15) is 38.3 Å². The number of ether oxygens (including phenoxy) is 1. The summed E-state index contributed by atoms with van der Waals surface area (Å²) in [6.07, 6.45) is 7.30. The Bertz CT molecular complexity index is 358. The van der Waals surface area contributed by atoms with E-state index in [1.807, 2.05) is 13.8 Å². The van der Waals surface area contributed by atoms with Crippen LogP contribution in [0.2, 0.25) is 0 Å². The minimum atomic E-state index is 0.801. The molecular weight excluding hydrogens is 226 g/mol. The summed E-state index contributed by atoms with van der Waals surface area (Å²) in [4.78, 5) is 4.55. The monoisotopic (exact) mass is 251 g/mol. The van der Waals surface area contributed by atoms with Crippen LogP contribution < -0.4 is 5.32 Å². The first-order valence-corrected chi connectivity index (χ1v) is 7.15. The topological polar surface area (TPSA) is 39.1 Å². The molecule has 0 aromatic carbocycles. The van der Waals surface area contributed by atoms with Gasteiger partial charge in [0.2, 0.25) is 5.95 Å². The Labute approximate surface area is 110 Å². The standard InChI is InChI=1S/C14H25N3O/c1-3-18-9-5-8-17-11-12(2)16-14(17)15-10-13-6-4-7-13/h11,13H,3-10H2,1-2H3,(H,15,16). The van der Waals surface area contributed by atoms with Gasteiger partial charge < -0.3 is 14.6 Å². The van der Waals surface area contributed by atoms with Crippen LogP contribution in [0.5, 0.6) is 0 Å². The fourth-order valence-electron chi connectivity index (χ4n) is 2.27. The molecule has 1 aromatic rings. The molecular formula is C14H25N3O. The van der Waals surface area contributed by atoms with E-state index in [9.17, 15) is 0 Å². The highest BCUT2D eigenvalue weighted by Crippen LogP contribution is 2.26. The van der Waals surface area contributed by atoms with Gasteiger partial charge in [-0.05, 0) is 39.0 Å². The van der Waals surface area contributed by atoms with E-state index in [2.05, 4.69) is 21.1 Å². The molecule has 18 heavy (non-hydrogen) atoms. The van der Waals surface area contributed by atoms with Gasteiger partial charge in [-0.2, -0.15) is 0 Å². The zero-order valence-corrected chi connectivity index (χ0v) is 11.6. The van der Waals surface area contributed by atoms with Crippen LogP contribution in [-0.4, -0.2) is 29.3 Å². The summed E-state index contributed by atoms with van der Waals surface area (Å²) < 4.78 is 7.59. The summed E-state index contributed by atoms with van der Waals surface area (Å²) in [7, 11) is 0. The van der Waals surface area contributed by atoms with Crippen LogP contribution in [0.3, 0.4) is 0 Å². The van der Waals surface area contributed by atoms with Gasteiger partial charge in [0.15, 0.2) is 0 Å². The molecule has 4 heteroatoms. The summed E-state index contributed by atoms with van der Waals surface area (Å²) in [5.74, 6) is 1.88. The van der Waals surface area contributed by atoms with Crippen molar-refractivity contribution in [3.05, 3.63) is 11.9 Å². The summed E-state index contributed by atoms with van der Waals surface area (Å²) >= 11 is 0. The van der Waals surface area contributed by atoms with Crippen molar-refractivity contribution in [2.24, 2.45) is 5.92 Å². The van der Waals surface area contributed by atoms with Crippen LogP contribution >= 0.6 is 0 Å². The van der Waals surface area contributed by atoms with Crippen LogP contribution in [0.4, 0.5) is 5.95 Å². The highest BCUT2D eigenvalue weighted by Gasteiger charge is 2.17. The van der Waals surface area contributed by atoms with Gasteiger partial charge in [0.1, 0.15) is 0 Å². The fourth-order valence-corrected chi connectivity index (χ4v) is 2.27. The molecule has 0 amide bonds. The van der Waals surface area contributed by atoms with E-state index in [0.29, 0.717) is 0 Å². The molecule has 0 radical (unpaired) electrons. The molecule has 1 heterocycles. The van der Waals surface area contributed by atoms with Gasteiger partial charge in [0, 0.05) is 32.5 Å². The van der Waals surface area contributed by atoms with E-state index < -0.39 is 0 Å². The quantitative estimate of drug-likeness (QED) is 0.722. The molecule has 0 saturated heterocycles. The summed E-state index contributed by atoms with van der Waals surface area (Å²) in [5.41, 5.74) is 1.09. The largest absolute Gasteiger partial charge is 0.382 e. The van der Waals surface area contributed by atoms with Gasteiger partial charge in [0.05, 0.1) is 5.69 Å². The molecule has 1 aliphatic rings. The number of aryl methyl sites for hydroxylation is 2. The van der Waals surface area contributed by atoms with E-state index in [4.69, 9.17) is 4.74 Å².